The highest BCUT2D eigenvalue weighted by molar-refractivity contribution is 6.33. The van der Waals surface area contributed by atoms with E-state index >= 15 is 0 Å². The molecule has 5 saturated heterocycles. The van der Waals surface area contributed by atoms with Gasteiger partial charge in [0.05, 0.1) is 16.8 Å². The number of nitrogens with zero attached hydrogens (tertiary/aromatic N) is 6. The molecule has 5 aliphatic rings. The first-order chi connectivity index (χ1) is 23.8. The summed E-state index contributed by atoms with van der Waals surface area (Å²) in [6, 6.07) is 12.8. The number of carbonyl (C=O) groups is 2. The number of piperazine rings is 1. The number of aromatic nitrogens is 3. The second-order valence-electron chi connectivity index (χ2n) is 14.1. The molecule has 6 heterocycles. The minimum Gasteiger partial charge on any atom is -0.397 e. The number of fused-ring (bicyclic) bond motifs is 3. The van der Waals surface area contributed by atoms with Crippen LogP contribution >= 0.6 is 11.6 Å². The predicted molar refractivity (Wildman–Crippen MR) is 190 cm³/mol. The molecule has 8 rings (SSSR count). The summed E-state index contributed by atoms with van der Waals surface area (Å²) in [7, 11) is 0. The molecule has 2 aromatic carbocycles. The molecular weight excluding hydrogens is 642 g/mol. The number of carbonyl (C=O) groups excluding carboxylic acids is 2. The normalized spacial score (nSPS) is 23.8. The number of halogens is 1. The van der Waals surface area contributed by atoms with Crippen LogP contribution in [0.1, 0.15) is 49.8 Å². The van der Waals surface area contributed by atoms with Gasteiger partial charge in [-0.15, -0.1) is 5.10 Å². The van der Waals surface area contributed by atoms with Crippen molar-refractivity contribution in [2.75, 3.05) is 64.6 Å². The van der Waals surface area contributed by atoms with E-state index in [1.54, 1.807) is 4.90 Å². The summed E-state index contributed by atoms with van der Waals surface area (Å²) in [6.45, 7) is 9.46. The Balaban J connectivity index is 1.01. The second kappa shape index (κ2) is 14.5. The maximum absolute atomic E-state index is 14.2. The van der Waals surface area contributed by atoms with Crippen LogP contribution in [-0.4, -0.2) is 117 Å². The fourth-order valence-corrected chi connectivity index (χ4v) is 8.55. The van der Waals surface area contributed by atoms with Crippen molar-refractivity contribution in [1.82, 2.24) is 39.7 Å². The number of nitrogens with two attached hydrogens (primary N) is 1. The van der Waals surface area contributed by atoms with Crippen molar-refractivity contribution < 1.29 is 9.59 Å². The standard InChI is InChI=1S/C36H48ClN9O3/c1-2-25-20-24(21-29(37)32(25)38)22-30(34(47)44-18-16-43(17-19-44)31-23-42-12-8-26(31)9-13-42)39-35(48)45-14-10-28(11-15-45)46-36(49)40-33(41-46)27-6-4-3-5-7-27/h3-7,20-21,26,28,30-31H,2,8-19,22-23,38H2,1H3,(H,39,48)(H,40,41,49)/t30-,31?/m1/s1. The van der Waals surface area contributed by atoms with Crippen molar-refractivity contribution in [2.24, 2.45) is 5.92 Å². The number of urea groups is 1. The van der Waals surface area contributed by atoms with Crippen molar-refractivity contribution >= 4 is 29.2 Å². The van der Waals surface area contributed by atoms with E-state index in [4.69, 9.17) is 17.3 Å². The highest BCUT2D eigenvalue weighted by Gasteiger charge is 2.39. The molecule has 1 aromatic heterocycles. The van der Waals surface area contributed by atoms with Crippen LogP contribution in [0, 0.1) is 5.92 Å². The molecule has 5 aliphatic heterocycles. The largest absolute Gasteiger partial charge is 0.397 e. The topological polar surface area (TPSA) is 136 Å². The van der Waals surface area contributed by atoms with Crippen molar-refractivity contribution in [1.29, 1.82) is 0 Å². The lowest BCUT2D eigenvalue weighted by atomic mass is 9.83. The third-order valence-electron chi connectivity index (χ3n) is 11.2. The highest BCUT2D eigenvalue weighted by Crippen LogP contribution is 2.32. The zero-order valence-corrected chi connectivity index (χ0v) is 29.1. The molecule has 3 aromatic rings. The van der Waals surface area contributed by atoms with E-state index in [0.717, 1.165) is 42.2 Å². The van der Waals surface area contributed by atoms with Crippen LogP contribution < -0.4 is 16.7 Å². The van der Waals surface area contributed by atoms with Crippen LogP contribution in [0.4, 0.5) is 10.5 Å². The monoisotopic (exact) mass is 689 g/mol. The average Bonchev–Trinajstić information content (AvgIpc) is 3.54. The highest BCUT2D eigenvalue weighted by atomic mass is 35.5. The molecule has 262 valence electrons. The smallest absolute Gasteiger partial charge is 0.343 e. The van der Waals surface area contributed by atoms with Gasteiger partial charge in [-0.2, -0.15) is 0 Å². The molecule has 5 fully saturated rings. The fourth-order valence-electron chi connectivity index (χ4n) is 8.29. The number of hydrogen-bond donors (Lipinski definition) is 3. The Morgan fingerprint density at radius 1 is 0.980 bits per heavy atom. The molecule has 0 aliphatic carbocycles. The lowest BCUT2D eigenvalue weighted by Gasteiger charge is -2.51. The van der Waals surface area contributed by atoms with E-state index in [1.165, 1.54) is 30.6 Å². The lowest BCUT2D eigenvalue weighted by Crippen LogP contribution is -2.63. The van der Waals surface area contributed by atoms with E-state index in [1.807, 2.05) is 54.3 Å². The Labute approximate surface area is 292 Å². The average molecular weight is 690 g/mol. The number of likely N-dealkylation sites (tertiary alicyclic amines) is 1. The van der Waals surface area contributed by atoms with Gasteiger partial charge in [0.2, 0.25) is 5.91 Å². The van der Waals surface area contributed by atoms with Gasteiger partial charge in [-0.25, -0.2) is 14.3 Å². The second-order valence-corrected chi connectivity index (χ2v) is 14.5. The molecular formula is C36H48ClN9O3. The quantitative estimate of drug-likeness (QED) is 0.309. The van der Waals surface area contributed by atoms with Crippen LogP contribution in [0.25, 0.3) is 11.4 Å². The Hall–Kier alpha value is -3.87. The Morgan fingerprint density at radius 2 is 1.69 bits per heavy atom. The van der Waals surface area contributed by atoms with Crippen LogP contribution in [0.3, 0.4) is 0 Å². The summed E-state index contributed by atoms with van der Waals surface area (Å²) in [5.41, 5.74) is 9.16. The first kappa shape index (κ1) is 33.6. The minimum atomic E-state index is -0.750. The van der Waals surface area contributed by atoms with E-state index in [2.05, 4.69) is 25.2 Å². The van der Waals surface area contributed by atoms with E-state index < -0.39 is 6.04 Å². The van der Waals surface area contributed by atoms with Crippen molar-refractivity contribution in [3.05, 3.63) is 69.1 Å². The van der Waals surface area contributed by atoms with Gasteiger partial charge < -0.3 is 25.8 Å². The van der Waals surface area contributed by atoms with Crippen molar-refractivity contribution in [3.63, 3.8) is 0 Å². The van der Waals surface area contributed by atoms with E-state index in [9.17, 15) is 14.4 Å². The SMILES string of the molecule is CCc1cc(C[C@@H](NC(=O)N2CCC(n3nc(-c4ccccc4)[nH]c3=O)CC2)C(=O)N2CCN(C3CN4CCC3CC4)CC2)cc(Cl)c1N. The number of nitrogens with one attached hydrogen (secondary N) is 2. The molecule has 1 unspecified atom stereocenters. The van der Waals surface area contributed by atoms with Crippen molar-refractivity contribution in [3.8, 4) is 11.4 Å². The molecule has 12 nitrogen and oxygen atoms in total. The van der Waals surface area contributed by atoms with Gasteiger partial charge >= 0.3 is 11.7 Å². The number of H-pyrrole nitrogens is 1. The number of aryl methyl sites for hydroxylation is 1. The summed E-state index contributed by atoms with van der Waals surface area (Å²) >= 11 is 6.51. The van der Waals surface area contributed by atoms with Crippen LogP contribution in [0.5, 0.6) is 0 Å². The third-order valence-corrected chi connectivity index (χ3v) is 11.5. The van der Waals surface area contributed by atoms with E-state index in [0.29, 0.717) is 74.4 Å². The van der Waals surface area contributed by atoms with Crippen LogP contribution in [-0.2, 0) is 17.6 Å². The number of anilines is 1. The Morgan fingerprint density at radius 3 is 2.35 bits per heavy atom. The molecule has 0 spiro atoms. The number of amides is 3. The number of hydrogen-bond acceptors (Lipinski definition) is 7. The van der Waals surface area contributed by atoms with E-state index in [-0.39, 0.29) is 23.7 Å². The maximum Gasteiger partial charge on any atom is 0.343 e. The summed E-state index contributed by atoms with van der Waals surface area (Å²) in [4.78, 5) is 52.4. The summed E-state index contributed by atoms with van der Waals surface area (Å²) in [5.74, 6) is 1.22. The van der Waals surface area contributed by atoms with Gasteiger partial charge in [0.1, 0.15) is 6.04 Å². The maximum atomic E-state index is 14.2. The number of nitrogen functional groups attached to an aromatic ring is 1. The molecule has 2 bridgehead atoms. The first-order valence-electron chi connectivity index (χ1n) is 17.9. The fraction of sp³-hybridized carbons (Fsp3) is 0.556. The number of piperidine rings is 4. The molecule has 0 saturated carbocycles. The summed E-state index contributed by atoms with van der Waals surface area (Å²) in [6.07, 6.45) is 4.74. The summed E-state index contributed by atoms with van der Waals surface area (Å²) < 4.78 is 1.51. The third kappa shape index (κ3) is 7.22. The molecule has 3 amide bonds. The zero-order chi connectivity index (χ0) is 34.1. The Kier molecular flexibility index (Phi) is 9.98. The summed E-state index contributed by atoms with van der Waals surface area (Å²) in [5, 5.41) is 8.14. The number of aromatic amines is 1. The molecule has 13 heteroatoms. The number of rotatable bonds is 8. The molecule has 49 heavy (non-hydrogen) atoms. The zero-order valence-electron chi connectivity index (χ0n) is 28.3. The van der Waals surface area contributed by atoms with Gasteiger partial charge in [0, 0.05) is 63.8 Å². The van der Waals surface area contributed by atoms with Gasteiger partial charge in [-0.3, -0.25) is 14.7 Å². The van der Waals surface area contributed by atoms with Gasteiger partial charge in [-0.05, 0) is 68.3 Å². The van der Waals surface area contributed by atoms with Crippen molar-refractivity contribution in [2.45, 2.75) is 63.6 Å². The molecule has 4 N–H and O–H groups in total. The Bertz CT molecular complexity index is 1690. The molecule has 2 atom stereocenters. The lowest BCUT2D eigenvalue weighted by molar-refractivity contribution is -0.136. The van der Waals surface area contributed by atoms with Crippen LogP contribution in [0.2, 0.25) is 5.02 Å². The van der Waals surface area contributed by atoms with Gasteiger partial charge in [0.25, 0.3) is 0 Å². The van der Waals surface area contributed by atoms with Gasteiger partial charge in [-0.1, -0.05) is 54.9 Å². The number of benzene rings is 2. The van der Waals surface area contributed by atoms with Crippen LogP contribution in [0.15, 0.2) is 47.3 Å². The van der Waals surface area contributed by atoms with Gasteiger partial charge in [0.15, 0.2) is 5.82 Å². The first-order valence-corrected chi connectivity index (χ1v) is 18.3. The minimum absolute atomic E-state index is 0.0701. The predicted octanol–water partition coefficient (Wildman–Crippen LogP) is 3.23. The molecule has 0 radical (unpaired) electrons.